The van der Waals surface area contributed by atoms with Crippen LogP contribution in [0.3, 0.4) is 0 Å². The van der Waals surface area contributed by atoms with Crippen LogP contribution in [0.4, 0.5) is 0 Å². The summed E-state index contributed by atoms with van der Waals surface area (Å²) in [6.07, 6.45) is 1.47. The van der Waals surface area contributed by atoms with Crippen LogP contribution in [-0.4, -0.2) is 47.2 Å². The summed E-state index contributed by atoms with van der Waals surface area (Å²) in [4.78, 5) is 16.6. The molecule has 0 bridgehead atoms. The van der Waals surface area contributed by atoms with Gasteiger partial charge >= 0.3 is 0 Å². The van der Waals surface area contributed by atoms with Gasteiger partial charge in [0.05, 0.1) is 19.2 Å². The fourth-order valence-electron chi connectivity index (χ4n) is 4.79. The highest BCUT2D eigenvalue weighted by molar-refractivity contribution is 5.83. The van der Waals surface area contributed by atoms with Crippen LogP contribution in [0.15, 0.2) is 22.6 Å². The van der Waals surface area contributed by atoms with Gasteiger partial charge in [0, 0.05) is 31.3 Å². The van der Waals surface area contributed by atoms with E-state index < -0.39 is 0 Å². The van der Waals surface area contributed by atoms with Gasteiger partial charge in [-0.05, 0) is 31.5 Å². The van der Waals surface area contributed by atoms with Gasteiger partial charge in [-0.1, -0.05) is 11.6 Å². The van der Waals surface area contributed by atoms with Gasteiger partial charge < -0.3 is 14.1 Å². The molecule has 0 N–H and O–H groups in total. The number of furan rings is 1. The lowest BCUT2D eigenvalue weighted by molar-refractivity contribution is -0.136. The Bertz CT molecular complexity index is 842. The lowest BCUT2D eigenvalue weighted by atomic mass is 10.1. The monoisotopic (exact) mass is 326 g/mol. The average Bonchev–Trinajstić information content (AvgIpc) is 3.26. The smallest absolute Gasteiger partial charge is 0.226 e. The number of amides is 1. The molecule has 1 spiro atoms. The number of ether oxygens (including phenoxy) is 1. The highest BCUT2D eigenvalue weighted by Gasteiger charge is 2.61. The molecule has 0 radical (unpaired) electrons. The number of hydrogen-bond donors (Lipinski definition) is 0. The van der Waals surface area contributed by atoms with Crippen molar-refractivity contribution in [2.75, 3.05) is 19.7 Å². The number of nitrogens with zero attached hydrogens (tertiary/aromatic N) is 2. The van der Waals surface area contributed by atoms with Crippen molar-refractivity contribution < 1.29 is 13.9 Å². The predicted octanol–water partition coefficient (Wildman–Crippen LogP) is 2.58. The molecule has 0 aliphatic carbocycles. The molecule has 2 atom stereocenters. The van der Waals surface area contributed by atoms with Crippen LogP contribution in [0, 0.1) is 13.8 Å². The molecule has 5 nitrogen and oxygen atoms in total. The van der Waals surface area contributed by atoms with Crippen LogP contribution < -0.4 is 0 Å². The van der Waals surface area contributed by atoms with E-state index in [9.17, 15) is 4.79 Å². The second-order valence-corrected chi connectivity index (χ2v) is 7.33. The normalized spacial score (nSPS) is 29.7. The Morgan fingerprint density at radius 3 is 3.04 bits per heavy atom. The molecular weight excluding hydrogens is 304 g/mol. The summed E-state index contributed by atoms with van der Waals surface area (Å²) < 4.78 is 12.2. The van der Waals surface area contributed by atoms with Crippen LogP contribution in [0.25, 0.3) is 11.0 Å². The summed E-state index contributed by atoms with van der Waals surface area (Å²) in [5.41, 5.74) is 3.04. The Balaban J connectivity index is 1.47. The van der Waals surface area contributed by atoms with E-state index in [0.29, 0.717) is 13.0 Å². The van der Waals surface area contributed by atoms with Gasteiger partial charge in [-0.25, -0.2) is 0 Å². The van der Waals surface area contributed by atoms with Crippen molar-refractivity contribution in [2.24, 2.45) is 0 Å². The Kier molecular flexibility index (Phi) is 2.92. The van der Waals surface area contributed by atoms with Gasteiger partial charge in [0.2, 0.25) is 5.91 Å². The average molecular weight is 326 g/mol. The van der Waals surface area contributed by atoms with E-state index in [4.69, 9.17) is 9.15 Å². The van der Waals surface area contributed by atoms with Gasteiger partial charge in [-0.15, -0.1) is 0 Å². The number of hydrogen-bond acceptors (Lipinski definition) is 4. The van der Waals surface area contributed by atoms with Crippen LogP contribution >= 0.6 is 0 Å². The number of fused-ring (bicyclic) bond motifs is 1. The molecule has 1 aromatic carbocycles. The second-order valence-electron chi connectivity index (χ2n) is 7.33. The van der Waals surface area contributed by atoms with Gasteiger partial charge in [0.15, 0.2) is 5.72 Å². The maximum absolute atomic E-state index is 12.3. The number of benzene rings is 1. The van der Waals surface area contributed by atoms with Crippen molar-refractivity contribution in [2.45, 2.75) is 45.0 Å². The van der Waals surface area contributed by atoms with E-state index in [1.807, 2.05) is 11.0 Å². The molecule has 24 heavy (non-hydrogen) atoms. The first kappa shape index (κ1) is 14.5. The Hall–Kier alpha value is -1.85. The van der Waals surface area contributed by atoms with Gasteiger partial charge in [-0.2, -0.15) is 0 Å². The fourth-order valence-corrected chi connectivity index (χ4v) is 4.79. The molecule has 3 aliphatic heterocycles. The van der Waals surface area contributed by atoms with E-state index in [1.165, 1.54) is 16.5 Å². The van der Waals surface area contributed by atoms with Crippen LogP contribution in [0.2, 0.25) is 0 Å². The van der Waals surface area contributed by atoms with Crippen molar-refractivity contribution in [1.82, 2.24) is 9.80 Å². The summed E-state index contributed by atoms with van der Waals surface area (Å²) in [6, 6.07) is 6.47. The highest BCUT2D eigenvalue weighted by atomic mass is 16.5. The van der Waals surface area contributed by atoms with E-state index in [-0.39, 0.29) is 17.7 Å². The number of rotatable bonds is 2. The minimum atomic E-state index is -0.367. The van der Waals surface area contributed by atoms with Crippen molar-refractivity contribution in [3.63, 3.8) is 0 Å². The van der Waals surface area contributed by atoms with Gasteiger partial charge in [0.1, 0.15) is 11.3 Å². The zero-order chi connectivity index (χ0) is 16.5. The third-order valence-corrected chi connectivity index (χ3v) is 6.05. The molecule has 0 unspecified atom stereocenters. The summed E-state index contributed by atoms with van der Waals surface area (Å²) in [5.74, 6) is 1.25. The minimum Gasteiger partial charge on any atom is -0.459 e. The molecule has 0 saturated carbocycles. The minimum absolute atomic E-state index is 0.154. The molecule has 3 aliphatic rings. The number of carbonyl (C=O) groups is 1. The van der Waals surface area contributed by atoms with Crippen LogP contribution in [-0.2, 0) is 16.1 Å². The second kappa shape index (κ2) is 4.83. The van der Waals surface area contributed by atoms with Crippen molar-refractivity contribution in [3.05, 3.63) is 35.1 Å². The Morgan fingerprint density at radius 1 is 1.29 bits per heavy atom. The first-order chi connectivity index (χ1) is 11.6. The summed E-state index contributed by atoms with van der Waals surface area (Å²) in [6.45, 7) is 7.34. The number of aryl methyl sites for hydroxylation is 2. The Labute approximate surface area is 141 Å². The first-order valence-electron chi connectivity index (χ1n) is 8.75. The van der Waals surface area contributed by atoms with E-state index in [1.54, 1.807) is 0 Å². The molecule has 5 rings (SSSR count). The quantitative estimate of drug-likeness (QED) is 0.851. The molecule has 5 heteroatoms. The van der Waals surface area contributed by atoms with Gasteiger partial charge in [0.25, 0.3) is 0 Å². The van der Waals surface area contributed by atoms with E-state index >= 15 is 0 Å². The predicted molar refractivity (Wildman–Crippen MR) is 89.5 cm³/mol. The van der Waals surface area contributed by atoms with Crippen molar-refractivity contribution >= 4 is 16.9 Å². The zero-order valence-corrected chi connectivity index (χ0v) is 14.2. The SMILES string of the molecule is Cc1ccc2oc(CN3CC[C@@]45OCCN4C(=O)C[C@@H]35)c(C)c2c1. The molecular formula is C19H22N2O3. The summed E-state index contributed by atoms with van der Waals surface area (Å²) in [5, 5.41) is 1.19. The molecule has 2 aromatic rings. The third kappa shape index (κ3) is 1.80. The van der Waals surface area contributed by atoms with Gasteiger partial charge in [-0.3, -0.25) is 9.69 Å². The maximum Gasteiger partial charge on any atom is 0.226 e. The largest absolute Gasteiger partial charge is 0.459 e. The first-order valence-corrected chi connectivity index (χ1v) is 8.75. The fraction of sp³-hybridized carbons (Fsp3) is 0.526. The number of carbonyl (C=O) groups excluding carboxylic acids is 1. The lowest BCUT2D eigenvalue weighted by Gasteiger charge is -2.31. The van der Waals surface area contributed by atoms with Crippen LogP contribution in [0.5, 0.6) is 0 Å². The lowest BCUT2D eigenvalue weighted by Crippen LogP contribution is -2.47. The third-order valence-electron chi connectivity index (χ3n) is 6.05. The highest BCUT2D eigenvalue weighted by Crippen LogP contribution is 2.46. The standard InChI is InChI=1S/C19H22N2O3/c1-12-3-4-15-14(9-12)13(2)16(24-15)11-20-6-5-19-17(20)10-18(22)21(19)7-8-23-19/h3-4,9,17H,5-8,10-11H2,1-2H3/t17-,19+/m1/s1. The molecule has 4 heterocycles. The van der Waals surface area contributed by atoms with E-state index in [2.05, 4.69) is 30.9 Å². The number of likely N-dealkylation sites (tertiary alicyclic amines) is 1. The molecule has 1 aromatic heterocycles. The molecule has 1 amide bonds. The van der Waals surface area contributed by atoms with Crippen molar-refractivity contribution in [3.8, 4) is 0 Å². The Morgan fingerprint density at radius 2 is 2.17 bits per heavy atom. The maximum atomic E-state index is 12.3. The molecule has 126 valence electrons. The van der Waals surface area contributed by atoms with Crippen LogP contribution in [0.1, 0.15) is 29.7 Å². The zero-order valence-electron chi connectivity index (χ0n) is 14.2. The molecule has 3 fully saturated rings. The topological polar surface area (TPSA) is 45.9 Å². The molecule has 3 saturated heterocycles. The summed E-state index contributed by atoms with van der Waals surface area (Å²) >= 11 is 0. The van der Waals surface area contributed by atoms with E-state index in [0.717, 1.165) is 37.4 Å². The summed E-state index contributed by atoms with van der Waals surface area (Å²) in [7, 11) is 0. The van der Waals surface area contributed by atoms with Crippen molar-refractivity contribution in [1.29, 1.82) is 0 Å².